The molecule has 0 saturated carbocycles. The zero-order valence-electron chi connectivity index (χ0n) is 15.1. The maximum atomic E-state index is 6.14. The Morgan fingerprint density at radius 1 is 1.27 bits per heavy atom. The van der Waals surface area contributed by atoms with E-state index in [4.69, 9.17) is 17.2 Å². The number of nitrogens with two attached hydrogens (primary N) is 3. The van der Waals surface area contributed by atoms with E-state index in [0.29, 0.717) is 22.8 Å². The van der Waals surface area contributed by atoms with Crippen LogP contribution in [0.5, 0.6) is 0 Å². The summed E-state index contributed by atoms with van der Waals surface area (Å²) in [6, 6.07) is 5.57. The lowest BCUT2D eigenvalue weighted by atomic mass is 10.0. The summed E-state index contributed by atoms with van der Waals surface area (Å²) in [5.74, 6) is 0. The molecule has 1 heterocycles. The van der Waals surface area contributed by atoms with E-state index in [9.17, 15) is 0 Å². The molecule has 0 unspecified atom stereocenters. The van der Waals surface area contributed by atoms with Crippen molar-refractivity contribution >= 4 is 28.7 Å². The molecule has 6 heteroatoms. The molecule has 0 amide bonds. The van der Waals surface area contributed by atoms with E-state index >= 15 is 0 Å². The lowest BCUT2D eigenvalue weighted by Crippen LogP contribution is -2.04. The zero-order chi connectivity index (χ0) is 19.3. The van der Waals surface area contributed by atoms with Crippen molar-refractivity contribution in [2.45, 2.75) is 6.92 Å². The first-order chi connectivity index (χ1) is 12.3. The highest BCUT2D eigenvalue weighted by atomic mass is 15.2. The maximum Gasteiger partial charge on any atom is 0.0859 e. The normalized spacial score (nSPS) is 12.9. The molecule has 0 spiro atoms. The van der Waals surface area contributed by atoms with E-state index in [1.165, 1.54) is 0 Å². The standard InChI is InChI=1S/C20H24N6/c1-5-15(8-18(22)14(3)21)16-6-7-20(19(23)9-16)24-10-13(2)17-11-25-26(4)12-17/h5-12H,1-2,21-23H2,3-4H3/b15-8+,18-14+,24-10?. The van der Waals surface area contributed by atoms with Crippen LogP contribution in [0, 0.1) is 0 Å². The van der Waals surface area contributed by atoms with E-state index in [-0.39, 0.29) is 0 Å². The van der Waals surface area contributed by atoms with Gasteiger partial charge in [-0.25, -0.2) is 0 Å². The molecule has 0 aliphatic heterocycles. The average Bonchev–Trinajstić information content (AvgIpc) is 3.04. The van der Waals surface area contributed by atoms with Crippen LogP contribution in [0.2, 0.25) is 0 Å². The number of anilines is 1. The van der Waals surface area contributed by atoms with Crippen LogP contribution in [0.15, 0.2) is 72.3 Å². The Kier molecular flexibility index (Phi) is 5.80. The molecule has 134 valence electrons. The number of aromatic nitrogens is 2. The van der Waals surface area contributed by atoms with Gasteiger partial charge in [0.05, 0.1) is 23.3 Å². The minimum atomic E-state index is 0.494. The third kappa shape index (κ3) is 4.51. The fourth-order valence-electron chi connectivity index (χ4n) is 2.20. The third-order valence-electron chi connectivity index (χ3n) is 3.78. The van der Waals surface area contributed by atoms with Crippen LogP contribution in [0.25, 0.3) is 11.1 Å². The molecule has 0 aliphatic carbocycles. The number of hydrogen-bond donors (Lipinski definition) is 3. The summed E-state index contributed by atoms with van der Waals surface area (Å²) >= 11 is 0. The molecule has 0 atom stereocenters. The van der Waals surface area contributed by atoms with Gasteiger partial charge in [-0.1, -0.05) is 25.3 Å². The van der Waals surface area contributed by atoms with E-state index in [1.807, 2.05) is 31.4 Å². The number of nitrogen functional groups attached to an aromatic ring is 1. The Labute approximate surface area is 153 Å². The number of allylic oxidation sites excluding steroid dienone is 5. The predicted molar refractivity (Wildman–Crippen MR) is 110 cm³/mol. The number of rotatable bonds is 6. The van der Waals surface area contributed by atoms with Crippen LogP contribution in [0.4, 0.5) is 11.4 Å². The smallest absolute Gasteiger partial charge is 0.0859 e. The zero-order valence-corrected chi connectivity index (χ0v) is 15.1. The molecule has 6 N–H and O–H groups in total. The quantitative estimate of drug-likeness (QED) is 0.423. The van der Waals surface area contributed by atoms with Gasteiger partial charge in [-0.15, -0.1) is 0 Å². The second-order valence-corrected chi connectivity index (χ2v) is 5.90. The molecule has 26 heavy (non-hydrogen) atoms. The largest absolute Gasteiger partial charge is 0.401 e. The summed E-state index contributed by atoms with van der Waals surface area (Å²) in [5.41, 5.74) is 23.3. The fourth-order valence-corrected chi connectivity index (χ4v) is 2.20. The van der Waals surface area contributed by atoms with Gasteiger partial charge in [0, 0.05) is 30.7 Å². The predicted octanol–water partition coefficient (Wildman–Crippen LogP) is 3.14. The van der Waals surface area contributed by atoms with Gasteiger partial charge in [0.2, 0.25) is 0 Å². The van der Waals surface area contributed by atoms with Gasteiger partial charge >= 0.3 is 0 Å². The van der Waals surface area contributed by atoms with Crippen molar-refractivity contribution in [3.8, 4) is 0 Å². The number of aryl methyl sites for hydroxylation is 1. The number of hydrogen-bond acceptors (Lipinski definition) is 5. The number of benzene rings is 1. The van der Waals surface area contributed by atoms with E-state index < -0.39 is 0 Å². The third-order valence-corrected chi connectivity index (χ3v) is 3.78. The summed E-state index contributed by atoms with van der Waals surface area (Å²) < 4.78 is 1.71. The summed E-state index contributed by atoms with van der Waals surface area (Å²) in [7, 11) is 1.85. The first kappa shape index (κ1) is 18.8. The van der Waals surface area contributed by atoms with Crippen molar-refractivity contribution in [3.63, 3.8) is 0 Å². The number of aliphatic imine (C=N–C) groups is 1. The molecule has 6 nitrogen and oxygen atoms in total. The monoisotopic (exact) mass is 348 g/mol. The molecule has 0 aliphatic rings. The van der Waals surface area contributed by atoms with Gasteiger partial charge in [0.15, 0.2) is 0 Å². The molecule has 1 aromatic heterocycles. The van der Waals surface area contributed by atoms with Gasteiger partial charge < -0.3 is 17.2 Å². The first-order valence-electron chi connectivity index (χ1n) is 7.99. The van der Waals surface area contributed by atoms with Gasteiger partial charge in [0.1, 0.15) is 0 Å². The van der Waals surface area contributed by atoms with Crippen molar-refractivity contribution < 1.29 is 0 Å². The molecule has 1 aromatic carbocycles. The Morgan fingerprint density at radius 3 is 2.54 bits per heavy atom. The minimum absolute atomic E-state index is 0.494. The highest BCUT2D eigenvalue weighted by Crippen LogP contribution is 2.27. The summed E-state index contributed by atoms with van der Waals surface area (Å²) in [5, 5.41) is 4.12. The Morgan fingerprint density at radius 2 is 2.00 bits per heavy atom. The van der Waals surface area contributed by atoms with Crippen LogP contribution < -0.4 is 17.2 Å². The second-order valence-electron chi connectivity index (χ2n) is 5.90. The first-order valence-corrected chi connectivity index (χ1v) is 7.99. The van der Waals surface area contributed by atoms with E-state index in [2.05, 4.69) is 23.2 Å². The SMILES string of the molecule is C=C/C(=C\C(N)=C(\C)N)c1ccc(N=CC(=C)c2cnn(C)c2)c(N)c1. The lowest BCUT2D eigenvalue weighted by Gasteiger charge is -2.07. The second kappa shape index (κ2) is 8.02. The molecule has 0 radical (unpaired) electrons. The van der Waals surface area contributed by atoms with Crippen molar-refractivity contribution in [3.05, 3.63) is 78.4 Å². The van der Waals surface area contributed by atoms with E-state index in [1.54, 1.807) is 36.2 Å². The Balaban J connectivity index is 2.26. The van der Waals surface area contributed by atoms with Crippen LogP contribution in [-0.4, -0.2) is 16.0 Å². The van der Waals surface area contributed by atoms with Crippen LogP contribution in [-0.2, 0) is 7.05 Å². The Hall–Kier alpha value is -3.54. The lowest BCUT2D eigenvalue weighted by molar-refractivity contribution is 0.767. The Bertz CT molecular complexity index is 924. The van der Waals surface area contributed by atoms with E-state index in [0.717, 1.165) is 22.3 Å². The molecule has 2 rings (SSSR count). The summed E-state index contributed by atoms with van der Waals surface area (Å²) in [6.45, 7) is 9.56. The highest BCUT2D eigenvalue weighted by molar-refractivity contribution is 6.09. The summed E-state index contributed by atoms with van der Waals surface area (Å²) in [6.07, 6.45) is 8.76. The van der Waals surface area contributed by atoms with Crippen molar-refractivity contribution in [1.82, 2.24) is 9.78 Å². The average molecular weight is 348 g/mol. The highest BCUT2D eigenvalue weighted by Gasteiger charge is 2.04. The van der Waals surface area contributed by atoms with Gasteiger partial charge in [0.25, 0.3) is 0 Å². The topological polar surface area (TPSA) is 108 Å². The van der Waals surface area contributed by atoms with Gasteiger partial charge in [-0.3, -0.25) is 9.67 Å². The van der Waals surface area contributed by atoms with Gasteiger partial charge in [-0.2, -0.15) is 5.10 Å². The molecule has 0 fully saturated rings. The summed E-state index contributed by atoms with van der Waals surface area (Å²) in [4.78, 5) is 4.42. The van der Waals surface area contributed by atoms with Crippen molar-refractivity contribution in [2.75, 3.05) is 5.73 Å². The van der Waals surface area contributed by atoms with Crippen LogP contribution in [0.3, 0.4) is 0 Å². The van der Waals surface area contributed by atoms with Gasteiger partial charge in [-0.05, 0) is 41.8 Å². The van der Waals surface area contributed by atoms with Crippen LogP contribution >= 0.6 is 0 Å². The minimum Gasteiger partial charge on any atom is -0.401 e. The molecule has 0 saturated heterocycles. The molecule has 2 aromatic rings. The maximum absolute atomic E-state index is 6.14. The van der Waals surface area contributed by atoms with Crippen molar-refractivity contribution in [2.24, 2.45) is 23.5 Å². The molecule has 0 bridgehead atoms. The van der Waals surface area contributed by atoms with Crippen LogP contribution in [0.1, 0.15) is 18.1 Å². The number of nitrogens with zero attached hydrogens (tertiary/aromatic N) is 3. The molecular formula is C20H24N6. The molecular weight excluding hydrogens is 324 g/mol. The fraction of sp³-hybridized carbons (Fsp3) is 0.100. The van der Waals surface area contributed by atoms with Crippen molar-refractivity contribution in [1.29, 1.82) is 0 Å².